The molecule has 0 fully saturated rings. The van der Waals surface area contributed by atoms with Crippen LogP contribution in [0.15, 0.2) is 42.5 Å². The third-order valence-electron chi connectivity index (χ3n) is 3.12. The van der Waals surface area contributed by atoms with E-state index < -0.39 is 0 Å². The Morgan fingerprint density at radius 3 is 2.18 bits per heavy atom. The molecule has 0 bridgehead atoms. The summed E-state index contributed by atoms with van der Waals surface area (Å²) < 4.78 is 0. The second-order valence-electron chi connectivity index (χ2n) is 4.64. The normalized spacial score (nSPS) is 10.3. The summed E-state index contributed by atoms with van der Waals surface area (Å²) in [5.41, 5.74) is 6.50. The van der Waals surface area contributed by atoms with Gasteiger partial charge in [0.05, 0.1) is 0 Å². The summed E-state index contributed by atoms with van der Waals surface area (Å²) in [6, 6.07) is 15.1. The van der Waals surface area contributed by atoms with Crippen LogP contribution in [0.25, 0.3) is 0 Å². The van der Waals surface area contributed by atoms with Gasteiger partial charge in [-0.05, 0) is 49.6 Å². The van der Waals surface area contributed by atoms with Crippen molar-refractivity contribution in [2.75, 3.05) is 5.32 Å². The monoisotopic (exact) mass is 225 g/mol. The second kappa shape index (κ2) is 5.05. The molecule has 2 rings (SSSR count). The van der Waals surface area contributed by atoms with Crippen molar-refractivity contribution in [3.63, 3.8) is 0 Å². The van der Waals surface area contributed by atoms with Crippen molar-refractivity contribution >= 4 is 5.69 Å². The van der Waals surface area contributed by atoms with Crippen LogP contribution in [-0.2, 0) is 6.54 Å². The van der Waals surface area contributed by atoms with E-state index >= 15 is 0 Å². The highest BCUT2D eigenvalue weighted by atomic mass is 14.9. The Morgan fingerprint density at radius 1 is 0.824 bits per heavy atom. The van der Waals surface area contributed by atoms with E-state index in [1.54, 1.807) is 0 Å². The summed E-state index contributed by atoms with van der Waals surface area (Å²) in [5, 5.41) is 3.43. The van der Waals surface area contributed by atoms with Crippen LogP contribution in [0.3, 0.4) is 0 Å². The van der Waals surface area contributed by atoms with Crippen molar-refractivity contribution in [3.8, 4) is 0 Å². The quantitative estimate of drug-likeness (QED) is 0.824. The fourth-order valence-corrected chi connectivity index (χ4v) is 1.79. The Labute approximate surface area is 103 Å². The molecule has 2 aromatic carbocycles. The number of anilines is 1. The Kier molecular flexibility index (Phi) is 3.48. The molecule has 1 nitrogen and oxygen atoms in total. The topological polar surface area (TPSA) is 12.0 Å². The van der Waals surface area contributed by atoms with Crippen molar-refractivity contribution in [2.45, 2.75) is 27.3 Å². The van der Waals surface area contributed by atoms with Crippen molar-refractivity contribution in [1.29, 1.82) is 0 Å². The Balaban J connectivity index is 2.02. The third-order valence-corrected chi connectivity index (χ3v) is 3.12. The molecular formula is C16H19N. The molecule has 0 aromatic heterocycles. The molecule has 0 saturated heterocycles. The minimum Gasteiger partial charge on any atom is -0.381 e. The van der Waals surface area contributed by atoms with Gasteiger partial charge < -0.3 is 5.32 Å². The van der Waals surface area contributed by atoms with Gasteiger partial charge in [0, 0.05) is 12.2 Å². The van der Waals surface area contributed by atoms with Gasteiger partial charge in [-0.1, -0.05) is 35.9 Å². The lowest BCUT2D eigenvalue weighted by molar-refractivity contribution is 1.13. The molecule has 17 heavy (non-hydrogen) atoms. The molecule has 0 amide bonds. The first-order chi connectivity index (χ1) is 8.15. The van der Waals surface area contributed by atoms with E-state index in [0.29, 0.717) is 0 Å². The maximum Gasteiger partial charge on any atom is 0.0400 e. The predicted octanol–water partition coefficient (Wildman–Crippen LogP) is 4.22. The zero-order valence-electron chi connectivity index (χ0n) is 10.7. The van der Waals surface area contributed by atoms with Gasteiger partial charge in [0.25, 0.3) is 0 Å². The largest absolute Gasteiger partial charge is 0.381 e. The maximum absolute atomic E-state index is 3.43. The van der Waals surface area contributed by atoms with Gasteiger partial charge in [-0.15, -0.1) is 0 Å². The zero-order chi connectivity index (χ0) is 12.3. The zero-order valence-corrected chi connectivity index (χ0v) is 10.7. The third kappa shape index (κ3) is 3.10. The summed E-state index contributed by atoms with van der Waals surface area (Å²) >= 11 is 0. The van der Waals surface area contributed by atoms with Crippen LogP contribution in [0.1, 0.15) is 22.3 Å². The lowest BCUT2D eigenvalue weighted by Gasteiger charge is -2.08. The smallest absolute Gasteiger partial charge is 0.0400 e. The average molecular weight is 225 g/mol. The molecular weight excluding hydrogens is 206 g/mol. The van der Waals surface area contributed by atoms with E-state index in [1.807, 2.05) is 0 Å². The van der Waals surface area contributed by atoms with Gasteiger partial charge in [0.2, 0.25) is 0 Å². The lowest BCUT2D eigenvalue weighted by atomic mass is 10.1. The Bertz CT molecular complexity index is 497. The number of aryl methyl sites for hydroxylation is 3. The van der Waals surface area contributed by atoms with E-state index in [0.717, 1.165) is 6.54 Å². The highest BCUT2D eigenvalue weighted by Gasteiger charge is 1.97. The van der Waals surface area contributed by atoms with E-state index in [9.17, 15) is 0 Å². The molecule has 0 aliphatic rings. The molecule has 0 radical (unpaired) electrons. The Hall–Kier alpha value is -1.76. The molecule has 0 unspecified atom stereocenters. The van der Waals surface area contributed by atoms with E-state index in [2.05, 4.69) is 68.6 Å². The maximum atomic E-state index is 3.43. The number of hydrogen-bond donors (Lipinski definition) is 1. The van der Waals surface area contributed by atoms with Crippen LogP contribution in [0.4, 0.5) is 5.69 Å². The number of rotatable bonds is 3. The van der Waals surface area contributed by atoms with Gasteiger partial charge in [0.15, 0.2) is 0 Å². The van der Waals surface area contributed by atoms with E-state index in [1.165, 1.54) is 27.9 Å². The number of hydrogen-bond acceptors (Lipinski definition) is 1. The van der Waals surface area contributed by atoms with Crippen molar-refractivity contribution in [3.05, 3.63) is 64.7 Å². The number of nitrogens with one attached hydrogen (secondary N) is 1. The van der Waals surface area contributed by atoms with Crippen LogP contribution >= 0.6 is 0 Å². The van der Waals surface area contributed by atoms with E-state index in [-0.39, 0.29) is 0 Å². The van der Waals surface area contributed by atoms with Crippen LogP contribution in [0.2, 0.25) is 0 Å². The fraction of sp³-hybridized carbons (Fsp3) is 0.250. The average Bonchev–Trinajstić information content (AvgIpc) is 2.33. The van der Waals surface area contributed by atoms with E-state index in [4.69, 9.17) is 0 Å². The molecule has 2 aromatic rings. The van der Waals surface area contributed by atoms with Crippen LogP contribution in [0.5, 0.6) is 0 Å². The molecule has 0 spiro atoms. The molecule has 1 heteroatoms. The summed E-state index contributed by atoms with van der Waals surface area (Å²) in [7, 11) is 0. The van der Waals surface area contributed by atoms with Gasteiger partial charge in [-0.3, -0.25) is 0 Å². The molecule has 0 saturated carbocycles. The predicted molar refractivity (Wildman–Crippen MR) is 74.4 cm³/mol. The molecule has 0 atom stereocenters. The van der Waals surface area contributed by atoms with Crippen molar-refractivity contribution in [2.24, 2.45) is 0 Å². The molecule has 0 aliphatic carbocycles. The van der Waals surface area contributed by atoms with Crippen molar-refractivity contribution < 1.29 is 0 Å². The summed E-state index contributed by atoms with van der Waals surface area (Å²) in [4.78, 5) is 0. The highest BCUT2D eigenvalue weighted by Crippen LogP contribution is 2.13. The van der Waals surface area contributed by atoms with Gasteiger partial charge in [0.1, 0.15) is 0 Å². The highest BCUT2D eigenvalue weighted by molar-refractivity contribution is 5.45. The standard InChI is InChI=1S/C16H19N/c1-12-4-8-16(9-5-12)17-11-15-7-6-13(2)14(3)10-15/h4-10,17H,11H2,1-3H3. The minimum absolute atomic E-state index is 0.879. The Morgan fingerprint density at radius 2 is 1.53 bits per heavy atom. The molecule has 0 heterocycles. The van der Waals surface area contributed by atoms with Crippen molar-refractivity contribution in [1.82, 2.24) is 0 Å². The summed E-state index contributed by atoms with van der Waals surface area (Å²) in [6.45, 7) is 7.29. The lowest BCUT2D eigenvalue weighted by Crippen LogP contribution is -1.99. The van der Waals surface area contributed by atoms with Crippen LogP contribution in [-0.4, -0.2) is 0 Å². The first kappa shape index (κ1) is 11.7. The molecule has 88 valence electrons. The van der Waals surface area contributed by atoms with Gasteiger partial charge in [-0.25, -0.2) is 0 Å². The molecule has 0 aliphatic heterocycles. The van der Waals surface area contributed by atoms with Crippen LogP contribution in [0, 0.1) is 20.8 Å². The SMILES string of the molecule is Cc1ccc(NCc2ccc(C)c(C)c2)cc1. The van der Waals surface area contributed by atoms with Crippen LogP contribution < -0.4 is 5.32 Å². The fourth-order valence-electron chi connectivity index (χ4n) is 1.79. The van der Waals surface area contributed by atoms with Gasteiger partial charge in [-0.2, -0.15) is 0 Å². The second-order valence-corrected chi connectivity index (χ2v) is 4.64. The van der Waals surface area contributed by atoms with Gasteiger partial charge >= 0.3 is 0 Å². The molecule has 1 N–H and O–H groups in total. The summed E-state index contributed by atoms with van der Waals surface area (Å²) in [6.07, 6.45) is 0. The first-order valence-electron chi connectivity index (χ1n) is 6.02. The first-order valence-corrected chi connectivity index (χ1v) is 6.02. The summed E-state index contributed by atoms with van der Waals surface area (Å²) in [5.74, 6) is 0. The minimum atomic E-state index is 0.879. The number of benzene rings is 2.